The number of hydrogen-bond acceptors (Lipinski definition) is 5. The van der Waals surface area contributed by atoms with E-state index in [9.17, 15) is 0 Å². The SMILES string of the molecule is COc1ccc(NC[C@@H]2Cc3cc(OC)c(OC)cc3[C@H](c3ccccc3)N2)cc1. The van der Waals surface area contributed by atoms with Crippen LogP contribution in [0.5, 0.6) is 17.2 Å². The second kappa shape index (κ2) is 9.09. The van der Waals surface area contributed by atoms with E-state index in [1.807, 2.05) is 30.3 Å². The molecular weight excluding hydrogens is 376 g/mol. The zero-order chi connectivity index (χ0) is 20.9. The van der Waals surface area contributed by atoms with E-state index in [1.165, 1.54) is 16.7 Å². The molecule has 0 fully saturated rings. The highest BCUT2D eigenvalue weighted by atomic mass is 16.5. The fraction of sp³-hybridized carbons (Fsp3) is 0.280. The van der Waals surface area contributed by atoms with Crippen LogP contribution in [0.15, 0.2) is 66.7 Å². The predicted octanol–water partition coefficient (Wildman–Crippen LogP) is 4.43. The molecule has 1 aliphatic rings. The van der Waals surface area contributed by atoms with Crippen molar-refractivity contribution < 1.29 is 14.2 Å². The fourth-order valence-electron chi connectivity index (χ4n) is 4.03. The van der Waals surface area contributed by atoms with Crippen molar-refractivity contribution in [3.8, 4) is 17.2 Å². The molecule has 1 aliphatic heterocycles. The highest BCUT2D eigenvalue weighted by Gasteiger charge is 2.29. The monoisotopic (exact) mass is 404 g/mol. The van der Waals surface area contributed by atoms with Gasteiger partial charge in [-0.25, -0.2) is 0 Å². The Balaban J connectivity index is 1.60. The first-order valence-corrected chi connectivity index (χ1v) is 10.2. The number of anilines is 1. The van der Waals surface area contributed by atoms with Crippen LogP contribution in [-0.4, -0.2) is 33.9 Å². The van der Waals surface area contributed by atoms with Crippen molar-refractivity contribution in [1.82, 2.24) is 5.32 Å². The molecule has 1 heterocycles. The van der Waals surface area contributed by atoms with Crippen LogP contribution in [0.3, 0.4) is 0 Å². The number of ether oxygens (including phenoxy) is 3. The number of rotatable bonds is 7. The third-order valence-electron chi connectivity index (χ3n) is 5.60. The van der Waals surface area contributed by atoms with Crippen molar-refractivity contribution in [2.45, 2.75) is 18.5 Å². The second-order valence-corrected chi connectivity index (χ2v) is 7.43. The van der Waals surface area contributed by atoms with Crippen molar-refractivity contribution >= 4 is 5.69 Å². The summed E-state index contributed by atoms with van der Waals surface area (Å²) in [5, 5.41) is 7.37. The Morgan fingerprint density at radius 1 is 0.867 bits per heavy atom. The number of benzene rings is 3. The molecule has 5 nitrogen and oxygen atoms in total. The Morgan fingerprint density at radius 2 is 1.57 bits per heavy atom. The average molecular weight is 405 g/mol. The minimum absolute atomic E-state index is 0.0948. The van der Waals surface area contributed by atoms with Gasteiger partial charge >= 0.3 is 0 Å². The molecule has 0 amide bonds. The first kappa shape index (κ1) is 20.1. The lowest BCUT2D eigenvalue weighted by molar-refractivity contribution is 0.351. The molecule has 156 valence electrons. The van der Waals surface area contributed by atoms with Gasteiger partial charge in [0.15, 0.2) is 11.5 Å². The van der Waals surface area contributed by atoms with E-state index < -0.39 is 0 Å². The van der Waals surface area contributed by atoms with Gasteiger partial charge < -0.3 is 24.8 Å². The molecule has 3 aromatic rings. The predicted molar refractivity (Wildman–Crippen MR) is 120 cm³/mol. The fourth-order valence-corrected chi connectivity index (χ4v) is 4.03. The molecule has 3 aromatic carbocycles. The van der Waals surface area contributed by atoms with E-state index in [2.05, 4.69) is 47.0 Å². The van der Waals surface area contributed by atoms with Crippen LogP contribution in [0, 0.1) is 0 Å². The molecular formula is C25H28N2O3. The number of methoxy groups -OCH3 is 3. The van der Waals surface area contributed by atoms with E-state index in [0.717, 1.165) is 35.9 Å². The molecule has 0 aliphatic carbocycles. The molecule has 5 heteroatoms. The summed E-state index contributed by atoms with van der Waals surface area (Å²) >= 11 is 0. The molecule has 0 saturated carbocycles. The van der Waals surface area contributed by atoms with E-state index in [-0.39, 0.29) is 12.1 Å². The summed E-state index contributed by atoms with van der Waals surface area (Å²) < 4.78 is 16.4. The zero-order valence-corrected chi connectivity index (χ0v) is 17.6. The van der Waals surface area contributed by atoms with Gasteiger partial charge in [-0.15, -0.1) is 0 Å². The Labute approximate surface area is 178 Å². The van der Waals surface area contributed by atoms with Gasteiger partial charge in [0.1, 0.15) is 5.75 Å². The minimum atomic E-state index is 0.0948. The third-order valence-corrected chi connectivity index (χ3v) is 5.60. The van der Waals surface area contributed by atoms with Crippen LogP contribution in [0.25, 0.3) is 0 Å². The molecule has 4 rings (SSSR count). The highest BCUT2D eigenvalue weighted by molar-refractivity contribution is 5.52. The Bertz CT molecular complexity index is 974. The van der Waals surface area contributed by atoms with Crippen molar-refractivity contribution in [1.29, 1.82) is 0 Å². The van der Waals surface area contributed by atoms with Crippen molar-refractivity contribution in [2.24, 2.45) is 0 Å². The van der Waals surface area contributed by atoms with Gasteiger partial charge in [-0.1, -0.05) is 30.3 Å². The maximum absolute atomic E-state index is 5.56. The summed E-state index contributed by atoms with van der Waals surface area (Å²) in [5.74, 6) is 2.39. The van der Waals surface area contributed by atoms with Gasteiger partial charge in [-0.05, 0) is 59.5 Å². The molecule has 0 radical (unpaired) electrons. The lowest BCUT2D eigenvalue weighted by Gasteiger charge is -2.34. The summed E-state index contributed by atoms with van der Waals surface area (Å²) in [6, 6.07) is 23.1. The lowest BCUT2D eigenvalue weighted by Crippen LogP contribution is -2.44. The summed E-state index contributed by atoms with van der Waals surface area (Å²) in [6.07, 6.45) is 0.905. The number of hydrogen-bond donors (Lipinski definition) is 2. The standard InChI is InChI=1S/C25H28N2O3/c1-28-21-11-9-19(10-12-21)26-16-20-13-18-14-23(29-2)24(30-3)15-22(18)25(27-20)17-7-5-4-6-8-17/h4-12,14-15,20,25-27H,13,16H2,1-3H3/t20-,25-/m0/s1. The van der Waals surface area contributed by atoms with Gasteiger partial charge in [-0.3, -0.25) is 0 Å². The number of nitrogens with one attached hydrogen (secondary N) is 2. The van der Waals surface area contributed by atoms with E-state index in [0.29, 0.717) is 0 Å². The first-order chi connectivity index (χ1) is 14.7. The van der Waals surface area contributed by atoms with Crippen molar-refractivity contribution in [3.63, 3.8) is 0 Å². The van der Waals surface area contributed by atoms with Gasteiger partial charge in [0, 0.05) is 18.3 Å². The molecule has 0 aromatic heterocycles. The van der Waals surface area contributed by atoms with E-state index in [1.54, 1.807) is 21.3 Å². The van der Waals surface area contributed by atoms with Crippen LogP contribution in [-0.2, 0) is 6.42 Å². The summed E-state index contributed by atoms with van der Waals surface area (Å²) in [4.78, 5) is 0. The van der Waals surface area contributed by atoms with Gasteiger partial charge in [0.05, 0.1) is 27.4 Å². The normalized spacial score (nSPS) is 17.7. The molecule has 0 saturated heterocycles. The van der Waals surface area contributed by atoms with Crippen LogP contribution >= 0.6 is 0 Å². The lowest BCUT2D eigenvalue weighted by atomic mass is 9.86. The van der Waals surface area contributed by atoms with Crippen molar-refractivity contribution in [3.05, 3.63) is 83.4 Å². The summed E-state index contributed by atoms with van der Waals surface area (Å²) in [7, 11) is 5.04. The second-order valence-electron chi connectivity index (χ2n) is 7.43. The third kappa shape index (κ3) is 4.21. The Kier molecular flexibility index (Phi) is 6.10. The highest BCUT2D eigenvalue weighted by Crippen LogP contribution is 2.38. The van der Waals surface area contributed by atoms with Gasteiger partial charge in [0.25, 0.3) is 0 Å². The molecule has 30 heavy (non-hydrogen) atoms. The molecule has 0 unspecified atom stereocenters. The largest absolute Gasteiger partial charge is 0.497 e. The summed E-state index contributed by atoms with van der Waals surface area (Å²) in [6.45, 7) is 0.809. The van der Waals surface area contributed by atoms with Crippen LogP contribution in [0.2, 0.25) is 0 Å². The summed E-state index contributed by atoms with van der Waals surface area (Å²) in [5.41, 5.74) is 4.83. The van der Waals surface area contributed by atoms with Crippen LogP contribution in [0.4, 0.5) is 5.69 Å². The maximum Gasteiger partial charge on any atom is 0.161 e. The van der Waals surface area contributed by atoms with Gasteiger partial charge in [-0.2, -0.15) is 0 Å². The van der Waals surface area contributed by atoms with E-state index in [4.69, 9.17) is 14.2 Å². The number of fused-ring (bicyclic) bond motifs is 1. The van der Waals surface area contributed by atoms with E-state index >= 15 is 0 Å². The molecule has 2 N–H and O–H groups in total. The van der Waals surface area contributed by atoms with Crippen LogP contribution < -0.4 is 24.8 Å². The Morgan fingerprint density at radius 3 is 2.23 bits per heavy atom. The van der Waals surface area contributed by atoms with Crippen LogP contribution in [0.1, 0.15) is 22.7 Å². The molecule has 0 bridgehead atoms. The van der Waals surface area contributed by atoms with Crippen molar-refractivity contribution in [2.75, 3.05) is 33.2 Å². The maximum atomic E-state index is 5.56. The quantitative estimate of drug-likeness (QED) is 0.610. The minimum Gasteiger partial charge on any atom is -0.497 e. The molecule has 2 atom stereocenters. The smallest absolute Gasteiger partial charge is 0.161 e. The van der Waals surface area contributed by atoms with Gasteiger partial charge in [0.2, 0.25) is 0 Å². The first-order valence-electron chi connectivity index (χ1n) is 10.2. The topological polar surface area (TPSA) is 51.8 Å². The molecule has 0 spiro atoms. The Hall–Kier alpha value is -3.18. The average Bonchev–Trinajstić information content (AvgIpc) is 2.82. The zero-order valence-electron chi connectivity index (χ0n) is 17.6.